The molecule has 0 bridgehead atoms. The third-order valence-corrected chi connectivity index (χ3v) is 3.83. The molecule has 0 atom stereocenters. The maximum absolute atomic E-state index is 11.5. The largest absolute Gasteiger partial charge is 0.379 e. The Morgan fingerprint density at radius 1 is 1.19 bits per heavy atom. The average molecular weight is 311 g/mol. The molecule has 21 heavy (non-hydrogen) atoms. The van der Waals surface area contributed by atoms with Gasteiger partial charge in [-0.3, -0.25) is 9.69 Å². The van der Waals surface area contributed by atoms with Gasteiger partial charge in [0.2, 0.25) is 5.91 Å². The number of nitrogens with zero attached hydrogens (tertiary/aromatic N) is 1. The van der Waals surface area contributed by atoms with E-state index in [1.165, 1.54) is 5.56 Å². The highest BCUT2D eigenvalue weighted by molar-refractivity contribution is 6.17. The van der Waals surface area contributed by atoms with Gasteiger partial charge in [-0.25, -0.2) is 0 Å². The van der Waals surface area contributed by atoms with Crippen molar-refractivity contribution in [3.8, 4) is 0 Å². The first-order valence-electron chi connectivity index (χ1n) is 7.48. The van der Waals surface area contributed by atoms with Gasteiger partial charge in [-0.05, 0) is 17.5 Å². The Labute approximate surface area is 131 Å². The van der Waals surface area contributed by atoms with E-state index in [2.05, 4.69) is 34.5 Å². The summed E-state index contributed by atoms with van der Waals surface area (Å²) in [5.41, 5.74) is 2.43. The number of alkyl halides is 1. The van der Waals surface area contributed by atoms with Crippen molar-refractivity contribution in [2.75, 3.05) is 32.2 Å². The third-order valence-electron chi connectivity index (χ3n) is 3.56. The summed E-state index contributed by atoms with van der Waals surface area (Å²) < 4.78 is 5.35. The van der Waals surface area contributed by atoms with Gasteiger partial charge in [0.1, 0.15) is 0 Å². The second kappa shape index (κ2) is 9.03. The SMILES string of the molecule is O=C(CCCCl)NCc1ccc(CN2CCOCC2)cc1. The van der Waals surface area contributed by atoms with Crippen LogP contribution in [0.2, 0.25) is 0 Å². The molecular formula is C16H23ClN2O2. The van der Waals surface area contributed by atoms with Gasteiger partial charge in [0.25, 0.3) is 0 Å². The van der Waals surface area contributed by atoms with Gasteiger partial charge in [-0.1, -0.05) is 24.3 Å². The highest BCUT2D eigenvalue weighted by atomic mass is 35.5. The van der Waals surface area contributed by atoms with Gasteiger partial charge in [-0.15, -0.1) is 11.6 Å². The quantitative estimate of drug-likeness (QED) is 0.785. The zero-order valence-electron chi connectivity index (χ0n) is 12.3. The Kier molecular flexibility index (Phi) is 7.00. The molecule has 1 N–H and O–H groups in total. The Hall–Kier alpha value is -1.10. The van der Waals surface area contributed by atoms with Crippen molar-refractivity contribution in [2.45, 2.75) is 25.9 Å². The summed E-state index contributed by atoms with van der Waals surface area (Å²) in [6.45, 7) is 5.19. The van der Waals surface area contributed by atoms with Crippen molar-refractivity contribution in [3.63, 3.8) is 0 Å². The predicted molar refractivity (Wildman–Crippen MR) is 84.3 cm³/mol. The van der Waals surface area contributed by atoms with Gasteiger partial charge in [-0.2, -0.15) is 0 Å². The van der Waals surface area contributed by atoms with Crippen LogP contribution in [-0.2, 0) is 22.6 Å². The van der Waals surface area contributed by atoms with Crippen LogP contribution in [0, 0.1) is 0 Å². The molecule has 1 heterocycles. The normalized spacial score (nSPS) is 15.9. The van der Waals surface area contributed by atoms with E-state index < -0.39 is 0 Å². The van der Waals surface area contributed by atoms with Gasteiger partial charge < -0.3 is 10.1 Å². The number of carbonyl (C=O) groups excluding carboxylic acids is 1. The number of rotatable bonds is 7. The first-order valence-corrected chi connectivity index (χ1v) is 8.02. The molecular weight excluding hydrogens is 288 g/mol. The summed E-state index contributed by atoms with van der Waals surface area (Å²) >= 11 is 5.57. The average Bonchev–Trinajstić information content (AvgIpc) is 2.53. The summed E-state index contributed by atoms with van der Waals surface area (Å²) in [6.07, 6.45) is 1.23. The molecule has 0 saturated carbocycles. The van der Waals surface area contributed by atoms with E-state index in [1.54, 1.807) is 0 Å². The number of nitrogens with one attached hydrogen (secondary N) is 1. The molecule has 116 valence electrons. The van der Waals surface area contributed by atoms with Crippen LogP contribution in [0.5, 0.6) is 0 Å². The van der Waals surface area contributed by atoms with E-state index in [0.717, 1.165) is 44.8 Å². The van der Waals surface area contributed by atoms with E-state index in [-0.39, 0.29) is 5.91 Å². The van der Waals surface area contributed by atoms with E-state index in [0.29, 0.717) is 18.8 Å². The van der Waals surface area contributed by atoms with Crippen molar-refractivity contribution < 1.29 is 9.53 Å². The van der Waals surface area contributed by atoms with E-state index >= 15 is 0 Å². The zero-order chi connectivity index (χ0) is 14.9. The van der Waals surface area contributed by atoms with Gasteiger partial charge in [0, 0.05) is 38.5 Å². The Morgan fingerprint density at radius 3 is 2.52 bits per heavy atom. The number of morpholine rings is 1. The van der Waals surface area contributed by atoms with Crippen LogP contribution < -0.4 is 5.32 Å². The minimum Gasteiger partial charge on any atom is -0.379 e. The molecule has 0 spiro atoms. The fourth-order valence-electron chi connectivity index (χ4n) is 2.30. The lowest BCUT2D eigenvalue weighted by Crippen LogP contribution is -2.35. The van der Waals surface area contributed by atoms with E-state index in [1.807, 2.05) is 0 Å². The predicted octanol–water partition coefficient (Wildman–Crippen LogP) is 2.15. The smallest absolute Gasteiger partial charge is 0.220 e. The minimum atomic E-state index is 0.0630. The monoisotopic (exact) mass is 310 g/mol. The number of carbonyl (C=O) groups is 1. The molecule has 4 nitrogen and oxygen atoms in total. The van der Waals surface area contributed by atoms with Crippen molar-refractivity contribution in [1.82, 2.24) is 10.2 Å². The number of hydrogen-bond donors (Lipinski definition) is 1. The van der Waals surface area contributed by atoms with Crippen molar-refractivity contribution in [2.24, 2.45) is 0 Å². The van der Waals surface area contributed by atoms with E-state index in [4.69, 9.17) is 16.3 Å². The molecule has 1 aromatic carbocycles. The van der Waals surface area contributed by atoms with Gasteiger partial charge in [0.15, 0.2) is 0 Å². The maximum Gasteiger partial charge on any atom is 0.220 e. The van der Waals surface area contributed by atoms with Crippen LogP contribution in [0.3, 0.4) is 0 Å². The first kappa shape index (κ1) is 16.3. The first-order chi connectivity index (χ1) is 10.3. The summed E-state index contributed by atoms with van der Waals surface area (Å²) in [6, 6.07) is 8.43. The van der Waals surface area contributed by atoms with Gasteiger partial charge >= 0.3 is 0 Å². The van der Waals surface area contributed by atoms with Crippen LogP contribution in [0.1, 0.15) is 24.0 Å². The lowest BCUT2D eigenvalue weighted by molar-refractivity contribution is -0.121. The molecule has 0 radical (unpaired) electrons. The van der Waals surface area contributed by atoms with Gasteiger partial charge in [0.05, 0.1) is 13.2 Å². The molecule has 2 rings (SSSR count). The Morgan fingerprint density at radius 2 is 1.86 bits per heavy atom. The number of halogens is 1. The topological polar surface area (TPSA) is 41.6 Å². The van der Waals surface area contributed by atoms with E-state index in [9.17, 15) is 4.79 Å². The molecule has 1 aromatic rings. The van der Waals surface area contributed by atoms with Crippen LogP contribution in [0.15, 0.2) is 24.3 Å². The maximum atomic E-state index is 11.5. The van der Waals surface area contributed by atoms with Crippen LogP contribution in [0.4, 0.5) is 0 Å². The summed E-state index contributed by atoms with van der Waals surface area (Å²) in [7, 11) is 0. The summed E-state index contributed by atoms with van der Waals surface area (Å²) in [5, 5.41) is 2.91. The van der Waals surface area contributed by atoms with Crippen LogP contribution in [0.25, 0.3) is 0 Å². The number of hydrogen-bond acceptors (Lipinski definition) is 3. The Bertz CT molecular complexity index is 430. The van der Waals surface area contributed by atoms with Crippen molar-refractivity contribution in [3.05, 3.63) is 35.4 Å². The number of benzene rings is 1. The number of amides is 1. The lowest BCUT2D eigenvalue weighted by atomic mass is 10.1. The van der Waals surface area contributed by atoms with Crippen LogP contribution in [-0.4, -0.2) is 43.0 Å². The Balaban J connectivity index is 1.74. The molecule has 5 heteroatoms. The van der Waals surface area contributed by atoms with Crippen molar-refractivity contribution >= 4 is 17.5 Å². The fraction of sp³-hybridized carbons (Fsp3) is 0.562. The molecule has 1 saturated heterocycles. The number of ether oxygens (including phenoxy) is 1. The molecule has 1 amide bonds. The summed E-state index contributed by atoms with van der Waals surface area (Å²) in [5.74, 6) is 0.594. The minimum absolute atomic E-state index is 0.0630. The molecule has 1 fully saturated rings. The molecule has 1 aliphatic heterocycles. The second-order valence-electron chi connectivity index (χ2n) is 5.27. The molecule has 1 aliphatic rings. The molecule has 0 unspecified atom stereocenters. The highest BCUT2D eigenvalue weighted by Gasteiger charge is 2.10. The molecule has 0 aromatic heterocycles. The lowest BCUT2D eigenvalue weighted by Gasteiger charge is -2.26. The van der Waals surface area contributed by atoms with Crippen LogP contribution >= 0.6 is 11.6 Å². The van der Waals surface area contributed by atoms with Crippen molar-refractivity contribution in [1.29, 1.82) is 0 Å². The fourth-order valence-corrected chi connectivity index (χ4v) is 2.43. The zero-order valence-corrected chi connectivity index (χ0v) is 13.1. The molecule has 0 aliphatic carbocycles. The third kappa shape index (κ3) is 6.04. The highest BCUT2D eigenvalue weighted by Crippen LogP contribution is 2.09. The standard InChI is InChI=1S/C16H23ClN2O2/c17-7-1-2-16(20)18-12-14-3-5-15(6-4-14)13-19-8-10-21-11-9-19/h3-6H,1-2,7-13H2,(H,18,20). The summed E-state index contributed by atoms with van der Waals surface area (Å²) in [4.78, 5) is 13.9. The second-order valence-corrected chi connectivity index (χ2v) is 5.65.